The highest BCUT2D eigenvalue weighted by Crippen LogP contribution is 2.30. The lowest BCUT2D eigenvalue weighted by Crippen LogP contribution is -2.54. The predicted molar refractivity (Wildman–Crippen MR) is 156 cm³/mol. The Morgan fingerprint density at radius 1 is 0.850 bits per heavy atom. The Kier molecular flexibility index (Phi) is 8.19. The Hall–Kier alpha value is -3.75. The van der Waals surface area contributed by atoms with Crippen LogP contribution in [0.2, 0.25) is 5.02 Å². The van der Waals surface area contributed by atoms with Crippen molar-refractivity contribution in [2.24, 2.45) is 22.9 Å². The summed E-state index contributed by atoms with van der Waals surface area (Å²) in [5.74, 6) is 0.577. The number of rotatable bonds is 6. The molecule has 0 bridgehead atoms. The van der Waals surface area contributed by atoms with Gasteiger partial charge in [-0.2, -0.15) is 15.0 Å². The van der Waals surface area contributed by atoms with E-state index in [0.717, 1.165) is 12.8 Å². The maximum atomic E-state index is 12.6. The molecule has 0 radical (unpaired) electrons. The number of nitrogens with zero attached hydrogens (tertiary/aromatic N) is 5. The maximum absolute atomic E-state index is 12.6. The lowest BCUT2D eigenvalue weighted by Gasteiger charge is -2.37. The summed E-state index contributed by atoms with van der Waals surface area (Å²) in [6, 6.07) is 10.8. The Balaban J connectivity index is 1.39. The number of nitrogens with two attached hydrogens (primary N) is 4. The van der Waals surface area contributed by atoms with Gasteiger partial charge in [0.25, 0.3) is 5.91 Å². The molecule has 0 unspecified atom stereocenters. The van der Waals surface area contributed by atoms with Crippen LogP contribution in [0.5, 0.6) is 5.75 Å². The molecule has 0 spiro atoms. The van der Waals surface area contributed by atoms with E-state index in [9.17, 15) is 9.90 Å². The van der Waals surface area contributed by atoms with Gasteiger partial charge < -0.3 is 48.5 Å². The number of halogens is 1. The third-order valence-electron chi connectivity index (χ3n) is 6.80. The van der Waals surface area contributed by atoms with Crippen LogP contribution in [0.1, 0.15) is 23.2 Å². The van der Waals surface area contributed by atoms with Crippen molar-refractivity contribution < 1.29 is 9.90 Å². The van der Waals surface area contributed by atoms with Gasteiger partial charge in [0.15, 0.2) is 0 Å². The van der Waals surface area contributed by atoms with Crippen LogP contribution in [0.25, 0.3) is 0 Å². The van der Waals surface area contributed by atoms with Crippen molar-refractivity contribution in [2.45, 2.75) is 37.0 Å². The van der Waals surface area contributed by atoms with Crippen LogP contribution in [-0.2, 0) is 0 Å². The van der Waals surface area contributed by atoms with Gasteiger partial charge in [0.05, 0.1) is 5.69 Å². The molecular formula is C26H34ClN11O2. The van der Waals surface area contributed by atoms with E-state index in [4.69, 9.17) is 39.5 Å². The number of aromatic nitrogens is 3. The number of benzene rings is 2. The van der Waals surface area contributed by atoms with Gasteiger partial charge in [-0.3, -0.25) is 4.79 Å². The number of carbonyl (C=O) groups is 1. The average Bonchev–Trinajstić information content (AvgIpc) is 2.89. The first-order chi connectivity index (χ1) is 19.1. The van der Waals surface area contributed by atoms with E-state index in [1.54, 1.807) is 36.4 Å². The van der Waals surface area contributed by atoms with E-state index in [-0.39, 0.29) is 41.6 Å². The van der Waals surface area contributed by atoms with Crippen LogP contribution in [0, 0.1) is 0 Å². The second-order valence-corrected chi connectivity index (χ2v) is 10.8. The molecule has 2 saturated heterocycles. The summed E-state index contributed by atoms with van der Waals surface area (Å²) in [5.41, 5.74) is 26.0. The van der Waals surface area contributed by atoms with Gasteiger partial charge in [-0.05, 0) is 43.2 Å². The van der Waals surface area contributed by atoms with Crippen LogP contribution in [0.15, 0.2) is 42.5 Å². The number of phenols is 1. The number of amides is 1. The van der Waals surface area contributed by atoms with E-state index in [0.29, 0.717) is 54.3 Å². The number of anilines is 5. The van der Waals surface area contributed by atoms with Crippen molar-refractivity contribution in [3.63, 3.8) is 0 Å². The molecule has 40 heavy (non-hydrogen) atoms. The third-order valence-corrected chi connectivity index (χ3v) is 7.03. The van der Waals surface area contributed by atoms with E-state index < -0.39 is 5.91 Å². The number of hydrogen-bond acceptors (Lipinski definition) is 12. The Bertz CT molecular complexity index is 1310. The zero-order valence-corrected chi connectivity index (χ0v) is 22.6. The maximum Gasteiger partial charge on any atom is 0.255 e. The molecule has 14 heteroatoms. The van der Waals surface area contributed by atoms with E-state index >= 15 is 0 Å². The molecule has 11 N–H and O–H groups in total. The molecule has 212 valence electrons. The van der Waals surface area contributed by atoms with Crippen molar-refractivity contribution in [3.8, 4) is 5.75 Å². The zero-order valence-electron chi connectivity index (χ0n) is 21.9. The molecule has 2 fully saturated rings. The Morgan fingerprint density at radius 3 is 1.95 bits per heavy atom. The minimum atomic E-state index is -0.402. The largest absolute Gasteiger partial charge is 0.506 e. The normalized spacial score (nSPS) is 23.1. The molecule has 2 aromatic carbocycles. The molecule has 4 atom stereocenters. The molecule has 0 saturated carbocycles. The summed E-state index contributed by atoms with van der Waals surface area (Å²) >= 11 is 5.99. The highest BCUT2D eigenvalue weighted by atomic mass is 35.5. The van der Waals surface area contributed by atoms with Crippen LogP contribution in [-0.4, -0.2) is 76.3 Å². The molecule has 13 nitrogen and oxygen atoms in total. The summed E-state index contributed by atoms with van der Waals surface area (Å²) in [4.78, 5) is 30.5. The van der Waals surface area contributed by atoms with E-state index in [2.05, 4.69) is 20.6 Å². The summed E-state index contributed by atoms with van der Waals surface area (Å²) in [5, 5.41) is 16.9. The number of hydrogen-bond donors (Lipinski definition) is 7. The molecule has 0 aliphatic carbocycles. The number of aromatic hydroxyl groups is 1. The zero-order chi connectivity index (χ0) is 28.4. The van der Waals surface area contributed by atoms with Crippen molar-refractivity contribution in [1.82, 2.24) is 15.0 Å². The second-order valence-electron chi connectivity index (χ2n) is 10.4. The first kappa shape index (κ1) is 27.8. The van der Waals surface area contributed by atoms with Crippen LogP contribution < -0.4 is 43.4 Å². The fraction of sp³-hybridized carbons (Fsp3) is 0.385. The predicted octanol–water partition coefficient (Wildman–Crippen LogP) is 0.956. The van der Waals surface area contributed by atoms with Crippen molar-refractivity contribution in [3.05, 3.63) is 53.1 Å². The quantitative estimate of drug-likeness (QED) is 0.207. The second kappa shape index (κ2) is 11.8. The smallest absolute Gasteiger partial charge is 0.255 e. The Morgan fingerprint density at radius 2 is 1.43 bits per heavy atom. The first-order valence-electron chi connectivity index (χ1n) is 13.1. The van der Waals surface area contributed by atoms with Crippen molar-refractivity contribution in [2.75, 3.05) is 46.6 Å². The minimum absolute atomic E-state index is 0.108. The fourth-order valence-electron chi connectivity index (χ4n) is 5.04. The lowest BCUT2D eigenvalue weighted by atomic mass is 10.0. The van der Waals surface area contributed by atoms with Gasteiger partial charge in [0.2, 0.25) is 17.8 Å². The summed E-state index contributed by atoms with van der Waals surface area (Å²) < 4.78 is 0. The van der Waals surface area contributed by atoms with Gasteiger partial charge >= 0.3 is 0 Å². The lowest BCUT2D eigenvalue weighted by molar-refractivity contribution is 0.102. The summed E-state index contributed by atoms with van der Waals surface area (Å²) in [6.07, 6.45) is 1.43. The standard InChI is InChI=1S/C26H34ClN11O2/c27-15-3-1-2-14(6-15)23(40)33-21-5-4-20(9-22(21)39)32-24-34-25(37-10-16(28)7-17(29)11-37)36-26(35-24)38-12-18(30)8-19(31)13-38/h1-6,9,16-19,39H,7-8,10-13,28-31H2,(H,33,40)(H,32,34,35,36)/t16-,17+,18-,19+. The third kappa shape index (κ3) is 6.69. The summed E-state index contributed by atoms with van der Waals surface area (Å²) in [6.45, 7) is 2.21. The highest BCUT2D eigenvalue weighted by molar-refractivity contribution is 6.31. The van der Waals surface area contributed by atoms with Crippen LogP contribution >= 0.6 is 11.6 Å². The molecule has 3 aromatic rings. The van der Waals surface area contributed by atoms with Gasteiger partial charge in [-0.15, -0.1) is 0 Å². The van der Waals surface area contributed by atoms with Crippen LogP contribution in [0.4, 0.5) is 29.2 Å². The topological polar surface area (TPSA) is 211 Å². The molecule has 1 amide bonds. The van der Waals surface area contributed by atoms with Gasteiger partial charge in [-0.25, -0.2) is 0 Å². The number of piperidine rings is 2. The van der Waals surface area contributed by atoms with Crippen molar-refractivity contribution in [1.29, 1.82) is 0 Å². The molecule has 3 heterocycles. The Labute approximate surface area is 236 Å². The first-order valence-corrected chi connectivity index (χ1v) is 13.5. The number of phenolic OH excluding ortho intramolecular Hbond substituents is 1. The molecule has 2 aliphatic rings. The van der Waals surface area contributed by atoms with E-state index in [1.165, 1.54) is 6.07 Å². The molecule has 2 aliphatic heterocycles. The fourth-order valence-corrected chi connectivity index (χ4v) is 5.24. The molecule has 1 aromatic heterocycles. The summed E-state index contributed by atoms with van der Waals surface area (Å²) in [7, 11) is 0. The van der Waals surface area contributed by atoms with E-state index in [1.807, 2.05) is 9.80 Å². The molecular weight excluding hydrogens is 534 g/mol. The SMILES string of the molecule is N[C@@H]1C[C@H](N)CN(c2nc(Nc3ccc(NC(=O)c4cccc(Cl)c4)c(O)c3)nc(N3C[C@H](N)C[C@H](N)C3)n2)C1. The average molecular weight is 568 g/mol. The highest BCUT2D eigenvalue weighted by Gasteiger charge is 2.29. The number of carbonyl (C=O) groups excluding carboxylic acids is 1. The van der Waals surface area contributed by atoms with Gasteiger partial charge in [0, 0.05) is 72.7 Å². The molecule has 5 rings (SSSR count). The van der Waals surface area contributed by atoms with Crippen molar-refractivity contribution >= 4 is 46.7 Å². The van der Waals surface area contributed by atoms with Crippen LogP contribution in [0.3, 0.4) is 0 Å². The monoisotopic (exact) mass is 567 g/mol. The minimum Gasteiger partial charge on any atom is -0.506 e. The van der Waals surface area contributed by atoms with Gasteiger partial charge in [-0.1, -0.05) is 17.7 Å². The number of nitrogens with one attached hydrogen (secondary N) is 2. The van der Waals surface area contributed by atoms with Gasteiger partial charge in [0.1, 0.15) is 5.75 Å².